The number of amides is 1. The zero-order chi connectivity index (χ0) is 18.4. The summed E-state index contributed by atoms with van der Waals surface area (Å²) in [4.78, 5) is 22.4. The van der Waals surface area contributed by atoms with Gasteiger partial charge in [-0.1, -0.05) is 0 Å². The number of benzene rings is 1. The summed E-state index contributed by atoms with van der Waals surface area (Å²) in [6.07, 6.45) is 2.07. The molecule has 0 aliphatic carbocycles. The zero-order valence-corrected chi connectivity index (χ0v) is 18.5. The van der Waals surface area contributed by atoms with Gasteiger partial charge < -0.3 is 14.5 Å². The fraction of sp³-hybridized carbons (Fsp3) is 0.556. The van der Waals surface area contributed by atoms with Crippen molar-refractivity contribution in [2.45, 2.75) is 38.2 Å². The topological polar surface area (TPSA) is 45.1 Å². The molecule has 0 spiro atoms. The highest BCUT2D eigenvalue weighted by molar-refractivity contribution is 14.2. The first-order valence-electron chi connectivity index (χ1n) is 8.48. The molecule has 0 aromatic heterocycles. The van der Waals surface area contributed by atoms with Crippen molar-refractivity contribution < 1.29 is 9.53 Å². The third kappa shape index (κ3) is 3.92. The average Bonchev–Trinajstić information content (AvgIpc) is 2.75. The smallest absolute Gasteiger partial charge is 0.410 e. The molecule has 3 rings (SSSR count). The Kier molecular flexibility index (Phi) is 5.00. The number of hydrogen-bond donors (Lipinski definition) is 0. The molecule has 0 saturated carbocycles. The van der Waals surface area contributed by atoms with Crippen LogP contribution in [-0.4, -0.2) is 54.1 Å². The Balaban J connectivity index is 1.67. The molecule has 0 N–H and O–H groups in total. The number of halogens is 1. The van der Waals surface area contributed by atoms with Crippen molar-refractivity contribution in [3.8, 4) is 0 Å². The van der Waals surface area contributed by atoms with Gasteiger partial charge >= 0.3 is 6.09 Å². The minimum absolute atomic E-state index is 0.217. The van der Waals surface area contributed by atoms with E-state index in [4.69, 9.17) is 9.73 Å². The number of fused-ring (bicyclic) bond motifs is 1. The molecule has 7 heteroatoms. The number of carbonyl (C=O) groups is 1. The van der Waals surface area contributed by atoms with E-state index in [1.165, 1.54) is 15.6 Å². The number of rotatable bonds is 1. The Hall–Kier alpha value is -0.960. The van der Waals surface area contributed by atoms with Crippen LogP contribution in [0.4, 0.5) is 16.2 Å². The number of aliphatic imine (C=N–C) groups is 1. The van der Waals surface area contributed by atoms with Crippen molar-refractivity contribution in [3.05, 3.63) is 18.2 Å². The monoisotopic (exact) mass is 475 g/mol. The average molecular weight is 475 g/mol. The van der Waals surface area contributed by atoms with Gasteiger partial charge in [-0.3, -0.25) is 0 Å². The van der Waals surface area contributed by atoms with Gasteiger partial charge in [0, 0.05) is 36.8 Å². The summed E-state index contributed by atoms with van der Waals surface area (Å²) >= 11 is 2.55. The zero-order valence-electron chi connectivity index (χ0n) is 15.5. The second-order valence-corrected chi connectivity index (χ2v) is 15.5. The molecule has 2 heterocycles. The van der Waals surface area contributed by atoms with Crippen LogP contribution in [0.1, 0.15) is 27.7 Å². The van der Waals surface area contributed by atoms with E-state index < -0.39 is 12.8 Å². The van der Waals surface area contributed by atoms with E-state index in [-0.39, 0.29) is 6.09 Å². The lowest BCUT2D eigenvalue weighted by Gasteiger charge is -2.37. The molecule has 1 aromatic carbocycles. The van der Waals surface area contributed by atoms with Gasteiger partial charge in [0.15, 0.2) is 0 Å². The Morgan fingerprint density at radius 2 is 1.88 bits per heavy atom. The van der Waals surface area contributed by atoms with Crippen LogP contribution in [0.15, 0.2) is 28.1 Å². The maximum Gasteiger partial charge on any atom is 0.410 e. The minimum Gasteiger partial charge on any atom is -0.444 e. The minimum atomic E-state index is -0.937. The summed E-state index contributed by atoms with van der Waals surface area (Å²) < 4.78 is 5.47. The third-order valence-corrected chi connectivity index (χ3v) is 10.2. The number of carbonyl (C=O) groups excluding carboxylic acids is 1. The Bertz CT molecular complexity index is 720. The van der Waals surface area contributed by atoms with E-state index in [1.807, 2.05) is 20.8 Å². The van der Waals surface area contributed by atoms with Gasteiger partial charge in [-0.15, -0.1) is 7.20 Å². The second-order valence-electron chi connectivity index (χ2n) is 7.56. The molecule has 5 nitrogen and oxygen atoms in total. The van der Waals surface area contributed by atoms with Gasteiger partial charge in [-0.2, -0.15) is 0 Å². The lowest BCUT2D eigenvalue weighted by molar-refractivity contribution is 0.0240. The lowest BCUT2D eigenvalue weighted by atomic mass is 10.2. The normalized spacial score (nSPS) is 25.9. The number of anilines is 1. The van der Waals surface area contributed by atoms with Crippen LogP contribution < -0.4 is 4.90 Å². The highest BCUT2D eigenvalue weighted by Crippen LogP contribution is 2.68. The van der Waals surface area contributed by atoms with E-state index in [0.29, 0.717) is 13.1 Å². The first-order valence-corrected chi connectivity index (χ1v) is 13.1. The van der Waals surface area contributed by atoms with Crippen molar-refractivity contribution in [1.29, 1.82) is 0 Å². The number of ether oxygens (including phenoxy) is 1. The Morgan fingerprint density at radius 3 is 2.48 bits per heavy atom. The molecule has 0 radical (unpaired) electrons. The standard InChI is InChI=1S/C18H26IN3O2S/c1-13-20-15-12-14(6-7-16(15)25(13,5)19)21-8-10-22(11-9-21)17(23)24-18(2,3)4/h6-7,12H,8-11H2,1-5H3. The van der Waals surface area contributed by atoms with Crippen LogP contribution in [0.3, 0.4) is 0 Å². The van der Waals surface area contributed by atoms with E-state index in [0.717, 1.165) is 18.8 Å². The SMILES string of the molecule is CC1=Nc2cc(N3CCN(C(=O)OC(C)(C)C)CC3)ccc2S1(C)I. The molecule has 25 heavy (non-hydrogen) atoms. The molecule has 2 aliphatic rings. The Labute approximate surface area is 163 Å². The summed E-state index contributed by atoms with van der Waals surface area (Å²) in [6.45, 7) is 10.8. The quantitative estimate of drug-likeness (QED) is 0.540. The maximum atomic E-state index is 12.2. The predicted octanol–water partition coefficient (Wildman–Crippen LogP) is 4.95. The van der Waals surface area contributed by atoms with Crippen LogP contribution in [0.2, 0.25) is 0 Å². The van der Waals surface area contributed by atoms with Crippen LogP contribution in [0.25, 0.3) is 0 Å². The Morgan fingerprint density at radius 1 is 1.24 bits per heavy atom. The van der Waals surface area contributed by atoms with E-state index in [2.05, 4.69) is 57.5 Å². The summed E-state index contributed by atoms with van der Waals surface area (Å²) in [6, 6.07) is 6.62. The molecule has 2 aliphatic heterocycles. The van der Waals surface area contributed by atoms with Crippen molar-refractivity contribution in [2.24, 2.45) is 4.99 Å². The first-order chi connectivity index (χ1) is 11.6. The fourth-order valence-corrected chi connectivity index (χ4v) is 5.82. The highest BCUT2D eigenvalue weighted by atomic mass is 127. The second kappa shape index (κ2) is 6.64. The van der Waals surface area contributed by atoms with Gasteiger partial charge in [-0.05, 0) is 73.4 Å². The van der Waals surface area contributed by atoms with Gasteiger partial charge in [0.1, 0.15) is 5.60 Å². The lowest BCUT2D eigenvalue weighted by Crippen LogP contribution is -2.50. The predicted molar refractivity (Wildman–Crippen MR) is 115 cm³/mol. The van der Waals surface area contributed by atoms with Crippen molar-refractivity contribution in [1.82, 2.24) is 4.90 Å². The molecule has 1 amide bonds. The summed E-state index contributed by atoms with van der Waals surface area (Å²) in [5.74, 6) is 0. The molecule has 1 saturated heterocycles. The van der Waals surface area contributed by atoms with Gasteiger partial charge in [0.05, 0.1) is 10.7 Å². The molecule has 0 bridgehead atoms. The molecule has 1 atom stereocenters. The summed E-state index contributed by atoms with van der Waals surface area (Å²) in [7, 11) is -0.937. The first kappa shape index (κ1) is 18.8. The number of hydrogen-bond acceptors (Lipinski definition) is 4. The van der Waals surface area contributed by atoms with Crippen LogP contribution in [0.5, 0.6) is 0 Å². The molecule has 1 unspecified atom stereocenters. The maximum absolute atomic E-state index is 12.2. The molecule has 1 fully saturated rings. The van der Waals surface area contributed by atoms with E-state index in [1.54, 1.807) is 4.90 Å². The van der Waals surface area contributed by atoms with Crippen molar-refractivity contribution in [2.75, 3.05) is 37.3 Å². The molecular formula is C18H26IN3O2S. The third-order valence-electron chi connectivity index (χ3n) is 4.48. The summed E-state index contributed by atoms with van der Waals surface area (Å²) in [5, 5.41) is 1.23. The largest absolute Gasteiger partial charge is 0.444 e. The molecule has 138 valence electrons. The van der Waals surface area contributed by atoms with Crippen LogP contribution in [-0.2, 0) is 4.74 Å². The molecule has 1 aromatic rings. The van der Waals surface area contributed by atoms with Crippen molar-refractivity contribution >= 4 is 50.9 Å². The van der Waals surface area contributed by atoms with Gasteiger partial charge in [-0.25, -0.2) is 9.79 Å². The van der Waals surface area contributed by atoms with Crippen molar-refractivity contribution in [3.63, 3.8) is 0 Å². The van der Waals surface area contributed by atoms with Gasteiger partial charge in [0.2, 0.25) is 0 Å². The molecular weight excluding hydrogens is 449 g/mol. The highest BCUT2D eigenvalue weighted by Gasteiger charge is 2.31. The summed E-state index contributed by atoms with van der Waals surface area (Å²) in [5.41, 5.74) is 1.85. The van der Waals surface area contributed by atoms with E-state index in [9.17, 15) is 4.79 Å². The van der Waals surface area contributed by atoms with E-state index >= 15 is 0 Å². The van der Waals surface area contributed by atoms with Crippen LogP contribution >= 0.6 is 28.4 Å². The van der Waals surface area contributed by atoms with Crippen LogP contribution in [0, 0.1) is 0 Å². The number of nitrogens with zero attached hydrogens (tertiary/aromatic N) is 3. The number of piperazine rings is 1. The fourth-order valence-electron chi connectivity index (χ4n) is 3.00. The van der Waals surface area contributed by atoms with Gasteiger partial charge in [0.25, 0.3) is 0 Å².